The molecule has 1 amide bonds. The molecule has 5 nitrogen and oxygen atoms in total. The second-order valence-electron chi connectivity index (χ2n) is 3.46. The van der Waals surface area contributed by atoms with Gasteiger partial charge >= 0.3 is 0 Å². The molecule has 0 radical (unpaired) electrons. The van der Waals surface area contributed by atoms with Crippen LogP contribution in [0.1, 0.15) is 10.4 Å². The number of carbonyl (C=O) groups is 1. The van der Waals surface area contributed by atoms with E-state index >= 15 is 0 Å². The van der Waals surface area contributed by atoms with Crippen molar-refractivity contribution in [3.8, 4) is 5.69 Å². The van der Waals surface area contributed by atoms with Gasteiger partial charge in [0.05, 0.1) is 5.69 Å². The largest absolute Gasteiger partial charge is 0.382 e. The highest BCUT2D eigenvalue weighted by molar-refractivity contribution is 5.96. The van der Waals surface area contributed by atoms with E-state index in [0.717, 1.165) is 23.0 Å². The number of primary amides is 1. The normalized spacial score (nSPS) is 10.6. The minimum Gasteiger partial charge on any atom is -0.382 e. The molecule has 1 aromatic carbocycles. The zero-order valence-corrected chi connectivity index (χ0v) is 8.82. The molecule has 0 bridgehead atoms. The van der Waals surface area contributed by atoms with E-state index in [1.165, 1.54) is 0 Å². The molecule has 0 aliphatic rings. The van der Waals surface area contributed by atoms with Crippen molar-refractivity contribution in [3.05, 3.63) is 41.3 Å². The van der Waals surface area contributed by atoms with E-state index in [-0.39, 0.29) is 17.1 Å². The molecule has 1 aromatic heterocycles. The van der Waals surface area contributed by atoms with Crippen LogP contribution in [0.3, 0.4) is 0 Å². The molecule has 2 aromatic rings. The van der Waals surface area contributed by atoms with E-state index in [2.05, 4.69) is 5.10 Å². The molecule has 0 spiro atoms. The maximum atomic E-state index is 13.0. The maximum absolute atomic E-state index is 13.0. The summed E-state index contributed by atoms with van der Waals surface area (Å²) in [5.41, 5.74) is 10.2. The number of aromatic nitrogens is 2. The number of anilines is 1. The van der Waals surface area contributed by atoms with Gasteiger partial charge in [0.15, 0.2) is 23.3 Å². The smallest absolute Gasteiger partial charge is 0.254 e. The van der Waals surface area contributed by atoms with Crippen molar-refractivity contribution in [3.63, 3.8) is 0 Å². The molecule has 4 N–H and O–H groups in total. The van der Waals surface area contributed by atoms with Gasteiger partial charge in [-0.2, -0.15) is 0 Å². The molecule has 0 atom stereocenters. The molecule has 2 rings (SSSR count). The van der Waals surface area contributed by atoms with Gasteiger partial charge in [-0.3, -0.25) is 4.79 Å². The Kier molecular flexibility index (Phi) is 2.70. The number of halogens is 3. The van der Waals surface area contributed by atoms with Crippen molar-refractivity contribution in [2.45, 2.75) is 0 Å². The molecule has 1 heterocycles. The molecule has 0 saturated heterocycles. The van der Waals surface area contributed by atoms with Crippen molar-refractivity contribution in [1.29, 1.82) is 0 Å². The van der Waals surface area contributed by atoms with Crippen molar-refractivity contribution in [1.82, 2.24) is 9.78 Å². The highest BCUT2D eigenvalue weighted by Gasteiger charge is 2.15. The molecule has 0 fully saturated rings. The Bertz CT molecular complexity index is 615. The van der Waals surface area contributed by atoms with Gasteiger partial charge in [-0.05, 0) is 0 Å². The van der Waals surface area contributed by atoms with Gasteiger partial charge in [0.1, 0.15) is 5.56 Å². The molecule has 0 aliphatic carbocycles. The first-order valence-electron chi connectivity index (χ1n) is 4.70. The first-order valence-corrected chi connectivity index (χ1v) is 4.70. The average molecular weight is 256 g/mol. The summed E-state index contributed by atoms with van der Waals surface area (Å²) < 4.78 is 39.7. The summed E-state index contributed by atoms with van der Waals surface area (Å²) >= 11 is 0. The van der Waals surface area contributed by atoms with Crippen LogP contribution < -0.4 is 11.5 Å². The Hall–Kier alpha value is -2.51. The summed E-state index contributed by atoms with van der Waals surface area (Å²) in [6.07, 6.45) is 1.10. The van der Waals surface area contributed by atoms with Crippen LogP contribution in [0.25, 0.3) is 5.69 Å². The number of carbonyl (C=O) groups excluding carboxylic acids is 1. The SMILES string of the molecule is NC(=O)c1cn(-c2cc(F)c(F)c(F)c2)nc1N. The Morgan fingerprint density at radius 1 is 1.22 bits per heavy atom. The molecule has 18 heavy (non-hydrogen) atoms. The topological polar surface area (TPSA) is 86.9 Å². The number of hydrogen-bond donors (Lipinski definition) is 2. The van der Waals surface area contributed by atoms with Crippen molar-refractivity contribution >= 4 is 11.7 Å². The minimum absolute atomic E-state index is 0.0971. The highest BCUT2D eigenvalue weighted by atomic mass is 19.2. The zero-order chi connectivity index (χ0) is 13.4. The fraction of sp³-hybridized carbons (Fsp3) is 0. The van der Waals surface area contributed by atoms with E-state index in [4.69, 9.17) is 11.5 Å². The number of nitrogens with two attached hydrogens (primary N) is 2. The third-order valence-corrected chi connectivity index (χ3v) is 2.24. The van der Waals surface area contributed by atoms with Gasteiger partial charge in [-0.25, -0.2) is 17.9 Å². The lowest BCUT2D eigenvalue weighted by molar-refractivity contribution is 0.100. The van der Waals surface area contributed by atoms with E-state index in [9.17, 15) is 18.0 Å². The summed E-state index contributed by atoms with van der Waals surface area (Å²) in [5.74, 6) is -5.36. The first-order chi connectivity index (χ1) is 8.40. The fourth-order valence-electron chi connectivity index (χ4n) is 1.38. The monoisotopic (exact) mass is 256 g/mol. The van der Waals surface area contributed by atoms with Crippen LogP contribution in [0.5, 0.6) is 0 Å². The molecule has 0 saturated carbocycles. The summed E-state index contributed by atoms with van der Waals surface area (Å²) in [6, 6.07) is 1.44. The number of rotatable bonds is 2. The quantitative estimate of drug-likeness (QED) is 0.785. The highest BCUT2D eigenvalue weighted by Crippen LogP contribution is 2.18. The molecule has 0 aliphatic heterocycles. The predicted octanol–water partition coefficient (Wildman–Crippen LogP) is 0.971. The number of nitrogen functional groups attached to an aromatic ring is 1. The number of amides is 1. The fourth-order valence-corrected chi connectivity index (χ4v) is 1.38. The second kappa shape index (κ2) is 4.06. The van der Waals surface area contributed by atoms with Gasteiger partial charge in [0.2, 0.25) is 0 Å². The average Bonchev–Trinajstić information content (AvgIpc) is 2.67. The molecular formula is C10H7F3N4O. The molecule has 94 valence electrons. The van der Waals surface area contributed by atoms with Gasteiger partial charge < -0.3 is 11.5 Å². The third-order valence-electron chi connectivity index (χ3n) is 2.24. The lowest BCUT2D eigenvalue weighted by atomic mass is 10.3. The number of hydrogen-bond acceptors (Lipinski definition) is 3. The molecule has 0 unspecified atom stereocenters. The number of nitrogens with zero attached hydrogens (tertiary/aromatic N) is 2. The van der Waals surface area contributed by atoms with Gasteiger partial charge in [-0.1, -0.05) is 0 Å². The summed E-state index contributed by atoms with van der Waals surface area (Å²) in [7, 11) is 0. The lowest BCUT2D eigenvalue weighted by Crippen LogP contribution is -2.11. The van der Waals surface area contributed by atoms with Crippen LogP contribution in [0.15, 0.2) is 18.3 Å². The van der Waals surface area contributed by atoms with Crippen molar-refractivity contribution < 1.29 is 18.0 Å². The van der Waals surface area contributed by atoms with Gasteiger partial charge in [0, 0.05) is 18.3 Å². The van der Waals surface area contributed by atoms with E-state index in [1.807, 2.05) is 0 Å². The number of benzene rings is 1. The maximum Gasteiger partial charge on any atom is 0.254 e. The Balaban J connectivity index is 2.56. The summed E-state index contributed by atoms with van der Waals surface area (Å²) in [6.45, 7) is 0. The first kappa shape index (κ1) is 12.0. The van der Waals surface area contributed by atoms with Gasteiger partial charge in [0.25, 0.3) is 5.91 Å². The Morgan fingerprint density at radius 2 is 1.78 bits per heavy atom. The second-order valence-corrected chi connectivity index (χ2v) is 3.46. The van der Waals surface area contributed by atoms with E-state index in [0.29, 0.717) is 0 Å². The van der Waals surface area contributed by atoms with Crippen LogP contribution in [0.4, 0.5) is 19.0 Å². The Morgan fingerprint density at radius 3 is 2.22 bits per heavy atom. The molecule has 8 heteroatoms. The third kappa shape index (κ3) is 1.88. The van der Waals surface area contributed by atoms with Gasteiger partial charge in [-0.15, -0.1) is 5.10 Å². The minimum atomic E-state index is -1.59. The molecular weight excluding hydrogens is 249 g/mol. The van der Waals surface area contributed by atoms with Crippen LogP contribution in [-0.2, 0) is 0 Å². The van der Waals surface area contributed by atoms with Crippen LogP contribution in [0, 0.1) is 17.5 Å². The van der Waals surface area contributed by atoms with E-state index < -0.39 is 23.4 Å². The standard InChI is InChI=1S/C10H7F3N4O/c11-6-1-4(2-7(12)8(6)13)17-3-5(10(15)18)9(14)16-17/h1-3H,(H2,14,16)(H2,15,18). The Labute approximate surface area is 98.8 Å². The lowest BCUT2D eigenvalue weighted by Gasteiger charge is -2.02. The van der Waals surface area contributed by atoms with E-state index in [1.54, 1.807) is 0 Å². The van der Waals surface area contributed by atoms with Crippen molar-refractivity contribution in [2.24, 2.45) is 5.73 Å². The summed E-state index contributed by atoms with van der Waals surface area (Å²) in [4.78, 5) is 10.9. The zero-order valence-electron chi connectivity index (χ0n) is 8.82. The van der Waals surface area contributed by atoms with Crippen LogP contribution in [-0.4, -0.2) is 15.7 Å². The summed E-state index contributed by atoms with van der Waals surface area (Å²) in [5, 5.41) is 3.65. The van der Waals surface area contributed by atoms with Crippen LogP contribution in [0.2, 0.25) is 0 Å². The van der Waals surface area contributed by atoms with Crippen molar-refractivity contribution in [2.75, 3.05) is 5.73 Å². The predicted molar refractivity (Wildman–Crippen MR) is 56.4 cm³/mol. The van der Waals surface area contributed by atoms with Crippen LogP contribution >= 0.6 is 0 Å².